The van der Waals surface area contributed by atoms with Crippen molar-refractivity contribution < 1.29 is 4.79 Å². The summed E-state index contributed by atoms with van der Waals surface area (Å²) in [7, 11) is 0. The van der Waals surface area contributed by atoms with Crippen LogP contribution in [0.5, 0.6) is 0 Å². The quantitative estimate of drug-likeness (QED) is 0.725. The maximum absolute atomic E-state index is 11.8. The van der Waals surface area contributed by atoms with E-state index in [0.717, 1.165) is 39.0 Å². The highest BCUT2D eigenvalue weighted by molar-refractivity contribution is 5.78. The van der Waals surface area contributed by atoms with Crippen LogP contribution < -0.4 is 5.73 Å². The minimum atomic E-state index is -0.0295. The van der Waals surface area contributed by atoms with Crippen LogP contribution >= 0.6 is 0 Å². The summed E-state index contributed by atoms with van der Waals surface area (Å²) in [5, 5.41) is 0. The van der Waals surface area contributed by atoms with Gasteiger partial charge in [-0.15, -0.1) is 0 Å². The lowest BCUT2D eigenvalue weighted by atomic mass is 9.86. The maximum atomic E-state index is 11.8. The predicted octanol–water partition coefficient (Wildman–Crippen LogP) is 0.668. The number of likely N-dealkylation sites (N-methyl/N-ethyl adjacent to an activating group) is 1. The Labute approximate surface area is 98.8 Å². The van der Waals surface area contributed by atoms with E-state index < -0.39 is 0 Å². The SMILES string of the molecule is CCCC1(N)CN(CC(=O)N(CC)CC)C1. The van der Waals surface area contributed by atoms with Gasteiger partial charge in [0.2, 0.25) is 5.91 Å². The number of likely N-dealkylation sites (tertiary alicyclic amines) is 1. The van der Waals surface area contributed by atoms with Gasteiger partial charge >= 0.3 is 0 Å². The van der Waals surface area contributed by atoms with E-state index in [1.54, 1.807) is 0 Å². The first-order valence-electron chi connectivity index (χ1n) is 6.33. The molecule has 0 aromatic carbocycles. The zero-order valence-electron chi connectivity index (χ0n) is 10.8. The van der Waals surface area contributed by atoms with Gasteiger partial charge in [0.1, 0.15) is 0 Å². The molecule has 0 aromatic heterocycles. The molecule has 1 aliphatic heterocycles. The molecular weight excluding hydrogens is 202 g/mol. The van der Waals surface area contributed by atoms with E-state index in [4.69, 9.17) is 5.73 Å². The molecule has 2 N–H and O–H groups in total. The molecule has 0 saturated carbocycles. The summed E-state index contributed by atoms with van der Waals surface area (Å²) in [5.41, 5.74) is 6.12. The summed E-state index contributed by atoms with van der Waals surface area (Å²) in [5.74, 6) is 0.226. The van der Waals surface area contributed by atoms with Gasteiger partial charge < -0.3 is 10.6 Å². The fourth-order valence-electron chi connectivity index (χ4n) is 2.48. The summed E-state index contributed by atoms with van der Waals surface area (Å²) >= 11 is 0. The monoisotopic (exact) mass is 227 g/mol. The van der Waals surface area contributed by atoms with Crippen LogP contribution in [0.2, 0.25) is 0 Å². The van der Waals surface area contributed by atoms with Gasteiger partial charge in [0.15, 0.2) is 0 Å². The lowest BCUT2D eigenvalue weighted by Crippen LogP contribution is -2.68. The van der Waals surface area contributed by atoms with Crippen molar-refractivity contribution in [2.45, 2.75) is 39.2 Å². The summed E-state index contributed by atoms with van der Waals surface area (Å²) < 4.78 is 0. The van der Waals surface area contributed by atoms with Crippen LogP contribution in [-0.4, -0.2) is 54.0 Å². The van der Waals surface area contributed by atoms with E-state index in [1.165, 1.54) is 0 Å². The molecule has 4 nitrogen and oxygen atoms in total. The predicted molar refractivity (Wildman–Crippen MR) is 66.2 cm³/mol. The Hall–Kier alpha value is -0.610. The highest BCUT2D eigenvalue weighted by Crippen LogP contribution is 2.22. The third kappa shape index (κ3) is 3.19. The highest BCUT2D eigenvalue weighted by atomic mass is 16.2. The van der Waals surface area contributed by atoms with Crippen molar-refractivity contribution >= 4 is 5.91 Å². The normalized spacial score (nSPS) is 19.2. The first-order chi connectivity index (χ1) is 7.54. The van der Waals surface area contributed by atoms with Crippen LogP contribution in [-0.2, 0) is 4.79 Å². The Morgan fingerprint density at radius 1 is 1.31 bits per heavy atom. The number of carbonyl (C=O) groups excluding carboxylic acids is 1. The first kappa shape index (κ1) is 13.5. The molecule has 1 saturated heterocycles. The van der Waals surface area contributed by atoms with E-state index in [0.29, 0.717) is 6.54 Å². The Morgan fingerprint density at radius 2 is 1.88 bits per heavy atom. The smallest absolute Gasteiger partial charge is 0.236 e. The Kier molecular flexibility index (Phi) is 4.74. The van der Waals surface area contributed by atoms with E-state index >= 15 is 0 Å². The number of hydrogen-bond donors (Lipinski definition) is 1. The van der Waals surface area contributed by atoms with Crippen LogP contribution in [0.1, 0.15) is 33.6 Å². The second-order valence-corrected chi connectivity index (χ2v) is 4.82. The van der Waals surface area contributed by atoms with Gasteiger partial charge in [-0.25, -0.2) is 0 Å². The number of nitrogens with zero attached hydrogens (tertiary/aromatic N) is 2. The van der Waals surface area contributed by atoms with Crippen molar-refractivity contribution in [1.82, 2.24) is 9.80 Å². The number of rotatable bonds is 6. The average Bonchev–Trinajstić information content (AvgIpc) is 2.17. The van der Waals surface area contributed by atoms with E-state index in [1.807, 2.05) is 18.7 Å². The van der Waals surface area contributed by atoms with Crippen LogP contribution in [0.25, 0.3) is 0 Å². The molecule has 0 unspecified atom stereocenters. The largest absolute Gasteiger partial charge is 0.342 e. The van der Waals surface area contributed by atoms with Gasteiger partial charge in [-0.2, -0.15) is 0 Å². The number of amides is 1. The van der Waals surface area contributed by atoms with Crippen molar-refractivity contribution in [2.75, 3.05) is 32.7 Å². The number of hydrogen-bond acceptors (Lipinski definition) is 3. The summed E-state index contributed by atoms with van der Waals surface area (Å²) in [6, 6.07) is 0. The second kappa shape index (κ2) is 5.64. The molecule has 1 fully saturated rings. The third-order valence-electron chi connectivity index (χ3n) is 3.30. The Balaban J connectivity index is 2.29. The molecular formula is C12H25N3O. The first-order valence-corrected chi connectivity index (χ1v) is 6.33. The standard InChI is InChI=1S/C12H25N3O/c1-4-7-12(13)9-14(10-12)8-11(16)15(5-2)6-3/h4-10,13H2,1-3H3. The van der Waals surface area contributed by atoms with Crippen molar-refractivity contribution in [3.05, 3.63) is 0 Å². The summed E-state index contributed by atoms with van der Waals surface area (Å²) in [6.45, 7) is 10.0. The molecule has 0 spiro atoms. The van der Waals surface area contributed by atoms with Crippen LogP contribution in [0.4, 0.5) is 0 Å². The Morgan fingerprint density at radius 3 is 2.31 bits per heavy atom. The minimum Gasteiger partial charge on any atom is -0.342 e. The zero-order valence-corrected chi connectivity index (χ0v) is 10.8. The van der Waals surface area contributed by atoms with Crippen LogP contribution in [0, 0.1) is 0 Å². The van der Waals surface area contributed by atoms with E-state index in [2.05, 4.69) is 11.8 Å². The fraction of sp³-hybridized carbons (Fsp3) is 0.917. The van der Waals surface area contributed by atoms with Crippen molar-refractivity contribution in [3.63, 3.8) is 0 Å². The molecule has 1 amide bonds. The van der Waals surface area contributed by atoms with Gasteiger partial charge in [0.25, 0.3) is 0 Å². The lowest BCUT2D eigenvalue weighted by molar-refractivity contribution is -0.134. The third-order valence-corrected chi connectivity index (χ3v) is 3.30. The van der Waals surface area contributed by atoms with E-state index in [9.17, 15) is 4.79 Å². The van der Waals surface area contributed by atoms with Crippen molar-refractivity contribution in [2.24, 2.45) is 5.73 Å². The van der Waals surface area contributed by atoms with Crippen LogP contribution in [0.3, 0.4) is 0 Å². The topological polar surface area (TPSA) is 49.6 Å². The molecule has 16 heavy (non-hydrogen) atoms. The van der Waals surface area contributed by atoms with Crippen molar-refractivity contribution in [3.8, 4) is 0 Å². The molecule has 1 heterocycles. The van der Waals surface area contributed by atoms with Crippen LogP contribution in [0.15, 0.2) is 0 Å². The number of nitrogens with two attached hydrogens (primary N) is 1. The molecule has 94 valence electrons. The highest BCUT2D eigenvalue weighted by Gasteiger charge is 2.39. The maximum Gasteiger partial charge on any atom is 0.236 e. The molecule has 1 rings (SSSR count). The minimum absolute atomic E-state index is 0.0295. The number of carbonyl (C=O) groups is 1. The average molecular weight is 227 g/mol. The molecule has 1 aliphatic rings. The summed E-state index contributed by atoms with van der Waals surface area (Å²) in [6.07, 6.45) is 2.18. The second-order valence-electron chi connectivity index (χ2n) is 4.82. The van der Waals surface area contributed by atoms with Gasteiger partial charge in [0, 0.05) is 31.7 Å². The van der Waals surface area contributed by atoms with Gasteiger partial charge in [-0.3, -0.25) is 9.69 Å². The van der Waals surface area contributed by atoms with Gasteiger partial charge in [-0.05, 0) is 20.3 Å². The lowest BCUT2D eigenvalue weighted by Gasteiger charge is -2.48. The van der Waals surface area contributed by atoms with Gasteiger partial charge in [0.05, 0.1) is 6.54 Å². The summed E-state index contributed by atoms with van der Waals surface area (Å²) in [4.78, 5) is 15.8. The Bertz CT molecular complexity index is 232. The molecule has 0 atom stereocenters. The molecule has 0 aromatic rings. The van der Waals surface area contributed by atoms with E-state index in [-0.39, 0.29) is 11.4 Å². The molecule has 0 bridgehead atoms. The van der Waals surface area contributed by atoms with Crippen molar-refractivity contribution in [1.29, 1.82) is 0 Å². The molecule has 0 aliphatic carbocycles. The zero-order chi connectivity index (χ0) is 12.2. The fourth-order valence-corrected chi connectivity index (χ4v) is 2.48. The van der Waals surface area contributed by atoms with Gasteiger partial charge in [-0.1, -0.05) is 13.3 Å². The molecule has 4 heteroatoms. The molecule has 0 radical (unpaired) electrons.